The normalized spacial score (nSPS) is 12.6. The predicted molar refractivity (Wildman–Crippen MR) is 77.3 cm³/mol. The maximum atomic E-state index is 6.10. The van der Waals surface area contributed by atoms with E-state index in [1.54, 1.807) is 10.9 Å². The van der Waals surface area contributed by atoms with E-state index >= 15 is 0 Å². The number of nitrogens with zero attached hydrogens (tertiary/aromatic N) is 3. The molecular weight excluding hydrogens is 260 g/mol. The first-order valence-electron chi connectivity index (χ1n) is 6.47. The fourth-order valence-corrected chi connectivity index (χ4v) is 2.21. The number of aryl methyl sites for hydroxylation is 2. The van der Waals surface area contributed by atoms with Gasteiger partial charge < -0.3 is 5.32 Å². The highest BCUT2D eigenvalue weighted by molar-refractivity contribution is 6.31. The Morgan fingerprint density at radius 3 is 2.79 bits per heavy atom. The Hall–Kier alpha value is -1.39. The molecule has 1 unspecified atom stereocenters. The Morgan fingerprint density at radius 1 is 1.42 bits per heavy atom. The zero-order valence-corrected chi connectivity index (χ0v) is 12.3. The molecule has 1 heterocycles. The molecule has 5 heteroatoms. The average molecular weight is 279 g/mol. The molecule has 1 aromatic heterocycles. The summed E-state index contributed by atoms with van der Waals surface area (Å²) >= 11 is 6.10. The number of hydrogen-bond donors (Lipinski definition) is 1. The molecule has 0 saturated heterocycles. The number of benzene rings is 1. The Labute approximate surface area is 118 Å². The molecule has 0 spiro atoms. The second-order valence-corrected chi connectivity index (χ2v) is 5.09. The second kappa shape index (κ2) is 6.17. The highest BCUT2D eigenvalue weighted by Crippen LogP contribution is 2.25. The lowest BCUT2D eigenvalue weighted by atomic mass is 10.0. The number of hydrogen-bond acceptors (Lipinski definition) is 3. The van der Waals surface area contributed by atoms with Crippen LogP contribution in [0.25, 0.3) is 0 Å². The summed E-state index contributed by atoms with van der Waals surface area (Å²) in [5.41, 5.74) is 3.31. The fraction of sp³-hybridized carbons (Fsp3) is 0.429. The molecule has 102 valence electrons. The lowest BCUT2D eigenvalue weighted by molar-refractivity contribution is 0.550. The molecule has 0 radical (unpaired) electrons. The van der Waals surface area contributed by atoms with E-state index in [0.29, 0.717) is 0 Å². The topological polar surface area (TPSA) is 42.7 Å². The monoisotopic (exact) mass is 278 g/mol. The van der Waals surface area contributed by atoms with Crippen molar-refractivity contribution in [3.63, 3.8) is 0 Å². The van der Waals surface area contributed by atoms with E-state index in [0.717, 1.165) is 29.2 Å². The maximum Gasteiger partial charge on any atom is 0.0798 e. The van der Waals surface area contributed by atoms with Crippen molar-refractivity contribution in [2.75, 3.05) is 6.54 Å². The molecule has 1 N–H and O–H groups in total. The van der Waals surface area contributed by atoms with E-state index in [1.165, 1.54) is 5.56 Å². The number of aromatic nitrogens is 3. The van der Waals surface area contributed by atoms with Crippen molar-refractivity contribution in [2.45, 2.75) is 26.3 Å². The first kappa shape index (κ1) is 14.0. The van der Waals surface area contributed by atoms with Crippen LogP contribution in [0.5, 0.6) is 0 Å². The molecular formula is C14H19ClN4. The van der Waals surface area contributed by atoms with Crippen LogP contribution in [0.4, 0.5) is 0 Å². The molecule has 4 nitrogen and oxygen atoms in total. The van der Waals surface area contributed by atoms with E-state index in [2.05, 4.69) is 34.7 Å². The van der Waals surface area contributed by atoms with Gasteiger partial charge in [0.2, 0.25) is 0 Å². The van der Waals surface area contributed by atoms with Gasteiger partial charge in [0.25, 0.3) is 0 Å². The third-order valence-corrected chi connectivity index (χ3v) is 3.58. The molecule has 1 atom stereocenters. The number of nitrogens with one attached hydrogen (secondary N) is 1. The Kier molecular flexibility index (Phi) is 4.56. The Morgan fingerprint density at radius 2 is 2.21 bits per heavy atom. The molecule has 0 aliphatic carbocycles. The van der Waals surface area contributed by atoms with Crippen LogP contribution in [0, 0.1) is 6.92 Å². The van der Waals surface area contributed by atoms with Crippen LogP contribution in [0.1, 0.15) is 36.2 Å². The van der Waals surface area contributed by atoms with E-state index in [4.69, 9.17) is 11.6 Å². The van der Waals surface area contributed by atoms with Gasteiger partial charge in [-0.3, -0.25) is 4.68 Å². The van der Waals surface area contributed by atoms with Gasteiger partial charge in [-0.05, 0) is 37.1 Å². The van der Waals surface area contributed by atoms with Crippen molar-refractivity contribution >= 4 is 11.6 Å². The zero-order chi connectivity index (χ0) is 13.8. The van der Waals surface area contributed by atoms with Crippen molar-refractivity contribution in [1.82, 2.24) is 20.3 Å². The standard InChI is InChI=1S/C14H19ClN4/c1-4-7-16-14(13-9-17-18-19(13)3)11-5-6-12(15)10(2)8-11/h5-6,8-9,14,16H,4,7H2,1-3H3. The molecule has 0 bridgehead atoms. The summed E-state index contributed by atoms with van der Waals surface area (Å²) in [5.74, 6) is 0. The minimum Gasteiger partial charge on any atom is -0.305 e. The van der Waals surface area contributed by atoms with Gasteiger partial charge in [0.05, 0.1) is 17.9 Å². The molecule has 0 saturated carbocycles. The highest BCUT2D eigenvalue weighted by atomic mass is 35.5. The summed E-state index contributed by atoms with van der Waals surface area (Å²) < 4.78 is 1.80. The van der Waals surface area contributed by atoms with Gasteiger partial charge in [0.1, 0.15) is 0 Å². The van der Waals surface area contributed by atoms with Crippen molar-refractivity contribution < 1.29 is 0 Å². The molecule has 1 aromatic carbocycles. The maximum absolute atomic E-state index is 6.10. The summed E-state index contributed by atoms with van der Waals surface area (Å²) in [7, 11) is 1.91. The van der Waals surface area contributed by atoms with E-state index in [9.17, 15) is 0 Å². The van der Waals surface area contributed by atoms with Crippen LogP contribution < -0.4 is 5.32 Å². The van der Waals surface area contributed by atoms with Gasteiger partial charge in [0.15, 0.2) is 0 Å². The van der Waals surface area contributed by atoms with Gasteiger partial charge in [-0.25, -0.2) is 0 Å². The zero-order valence-electron chi connectivity index (χ0n) is 11.5. The van der Waals surface area contributed by atoms with Gasteiger partial charge in [-0.15, -0.1) is 5.10 Å². The molecule has 0 fully saturated rings. The van der Waals surface area contributed by atoms with Gasteiger partial charge in [-0.2, -0.15) is 0 Å². The summed E-state index contributed by atoms with van der Waals surface area (Å²) in [5, 5.41) is 12.3. The first-order chi connectivity index (χ1) is 9.13. The van der Waals surface area contributed by atoms with Crippen LogP contribution >= 0.6 is 11.6 Å². The summed E-state index contributed by atoms with van der Waals surface area (Å²) in [6.07, 6.45) is 2.88. The minimum absolute atomic E-state index is 0.0934. The molecule has 0 amide bonds. The lowest BCUT2D eigenvalue weighted by Gasteiger charge is -2.19. The largest absolute Gasteiger partial charge is 0.305 e. The SMILES string of the molecule is CCCNC(c1ccc(Cl)c(C)c1)c1cnnn1C. The number of rotatable bonds is 5. The summed E-state index contributed by atoms with van der Waals surface area (Å²) in [6, 6.07) is 6.20. The van der Waals surface area contributed by atoms with Gasteiger partial charge >= 0.3 is 0 Å². The second-order valence-electron chi connectivity index (χ2n) is 4.68. The van der Waals surface area contributed by atoms with Gasteiger partial charge in [0, 0.05) is 12.1 Å². The summed E-state index contributed by atoms with van der Waals surface area (Å²) in [6.45, 7) is 5.11. The lowest BCUT2D eigenvalue weighted by Crippen LogP contribution is -2.25. The third kappa shape index (κ3) is 3.14. The van der Waals surface area contributed by atoms with Gasteiger partial charge in [-0.1, -0.05) is 35.9 Å². The Bertz CT molecular complexity index is 550. The molecule has 0 aliphatic heterocycles. The fourth-order valence-electron chi connectivity index (χ4n) is 2.09. The summed E-state index contributed by atoms with van der Waals surface area (Å²) in [4.78, 5) is 0. The van der Waals surface area contributed by atoms with Crippen LogP contribution in [-0.2, 0) is 7.05 Å². The molecule has 0 aliphatic rings. The Balaban J connectivity index is 2.37. The van der Waals surface area contributed by atoms with Crippen LogP contribution in [-0.4, -0.2) is 21.5 Å². The molecule has 2 rings (SSSR count). The average Bonchev–Trinajstić information content (AvgIpc) is 2.80. The smallest absolute Gasteiger partial charge is 0.0798 e. The molecule has 2 aromatic rings. The molecule has 19 heavy (non-hydrogen) atoms. The minimum atomic E-state index is 0.0934. The van der Waals surface area contributed by atoms with Crippen molar-refractivity contribution in [3.8, 4) is 0 Å². The van der Waals surface area contributed by atoms with E-state index in [1.807, 2.05) is 20.0 Å². The first-order valence-corrected chi connectivity index (χ1v) is 6.85. The number of halogens is 1. The third-order valence-electron chi connectivity index (χ3n) is 3.16. The highest BCUT2D eigenvalue weighted by Gasteiger charge is 2.17. The van der Waals surface area contributed by atoms with Crippen LogP contribution in [0.3, 0.4) is 0 Å². The van der Waals surface area contributed by atoms with E-state index < -0.39 is 0 Å². The van der Waals surface area contributed by atoms with Crippen molar-refractivity contribution in [3.05, 3.63) is 46.2 Å². The van der Waals surface area contributed by atoms with Crippen molar-refractivity contribution in [1.29, 1.82) is 0 Å². The predicted octanol–water partition coefficient (Wildman–Crippen LogP) is 2.87. The van der Waals surface area contributed by atoms with E-state index in [-0.39, 0.29) is 6.04 Å². The van der Waals surface area contributed by atoms with Crippen LogP contribution in [0.15, 0.2) is 24.4 Å². The quantitative estimate of drug-likeness (QED) is 0.914. The van der Waals surface area contributed by atoms with Crippen LogP contribution in [0.2, 0.25) is 5.02 Å². The van der Waals surface area contributed by atoms with Crippen molar-refractivity contribution in [2.24, 2.45) is 7.05 Å².